The largest absolute Gasteiger partial charge is 0.325 e. The SMILES string of the molecule is Cc1ccc(NC(=O)CSc2nc3ccccc3c(=O)n2-c2ccc(C(C)C)cc2)cc1Cl. The number of hydrogen-bond acceptors (Lipinski definition) is 4. The minimum atomic E-state index is -0.205. The number of halogens is 1. The number of anilines is 1. The maximum absolute atomic E-state index is 13.4. The van der Waals surface area contributed by atoms with Crippen LogP contribution in [0.25, 0.3) is 16.6 Å². The number of nitrogens with one attached hydrogen (secondary N) is 1. The van der Waals surface area contributed by atoms with Crippen molar-refractivity contribution < 1.29 is 4.79 Å². The van der Waals surface area contributed by atoms with Crippen LogP contribution in [0.1, 0.15) is 30.9 Å². The zero-order chi connectivity index (χ0) is 23.5. The van der Waals surface area contributed by atoms with Gasteiger partial charge in [0.05, 0.1) is 22.3 Å². The number of hydrogen-bond donors (Lipinski definition) is 1. The first-order chi connectivity index (χ1) is 15.8. The summed E-state index contributed by atoms with van der Waals surface area (Å²) in [6, 6.07) is 20.5. The molecule has 4 rings (SSSR count). The van der Waals surface area contributed by atoms with Crippen molar-refractivity contribution in [2.75, 3.05) is 11.1 Å². The molecule has 0 saturated carbocycles. The van der Waals surface area contributed by atoms with Crippen molar-refractivity contribution in [2.24, 2.45) is 0 Å². The van der Waals surface area contributed by atoms with Gasteiger partial charge in [0.15, 0.2) is 5.16 Å². The molecule has 0 atom stereocenters. The van der Waals surface area contributed by atoms with Crippen LogP contribution in [0.15, 0.2) is 76.7 Å². The standard InChI is InChI=1S/C26H24ClN3O2S/c1-16(2)18-9-12-20(13-10-18)30-25(32)21-6-4-5-7-23(21)29-26(30)33-15-24(31)28-19-11-8-17(3)22(27)14-19/h4-14,16H,15H2,1-3H3,(H,28,31). The molecule has 3 aromatic carbocycles. The molecule has 33 heavy (non-hydrogen) atoms. The minimum Gasteiger partial charge on any atom is -0.325 e. The zero-order valence-electron chi connectivity index (χ0n) is 18.6. The first-order valence-electron chi connectivity index (χ1n) is 10.6. The smallest absolute Gasteiger partial charge is 0.266 e. The van der Waals surface area contributed by atoms with Gasteiger partial charge in [0.2, 0.25) is 5.91 Å². The number of thioether (sulfide) groups is 1. The average molecular weight is 478 g/mol. The van der Waals surface area contributed by atoms with Gasteiger partial charge < -0.3 is 5.32 Å². The maximum Gasteiger partial charge on any atom is 0.266 e. The van der Waals surface area contributed by atoms with E-state index in [0.29, 0.717) is 32.7 Å². The van der Waals surface area contributed by atoms with Crippen LogP contribution in [0.4, 0.5) is 5.69 Å². The molecule has 0 unspecified atom stereocenters. The van der Waals surface area contributed by atoms with Gasteiger partial charge in [0.25, 0.3) is 5.56 Å². The van der Waals surface area contributed by atoms with Crippen molar-refractivity contribution in [3.05, 3.63) is 93.2 Å². The molecular formula is C26H24ClN3O2S. The molecule has 0 aliphatic heterocycles. The fraction of sp³-hybridized carbons (Fsp3) is 0.192. The quantitative estimate of drug-likeness (QED) is 0.265. The summed E-state index contributed by atoms with van der Waals surface area (Å²) < 4.78 is 1.58. The molecule has 4 aromatic rings. The minimum absolute atomic E-state index is 0.0976. The maximum atomic E-state index is 13.4. The van der Waals surface area contributed by atoms with Crippen molar-refractivity contribution in [3.63, 3.8) is 0 Å². The predicted molar refractivity (Wildman–Crippen MR) is 137 cm³/mol. The average Bonchev–Trinajstić information content (AvgIpc) is 2.80. The molecule has 0 saturated heterocycles. The molecule has 5 nitrogen and oxygen atoms in total. The Morgan fingerprint density at radius 2 is 1.82 bits per heavy atom. The van der Waals surface area contributed by atoms with Crippen molar-refractivity contribution >= 4 is 45.9 Å². The molecular weight excluding hydrogens is 454 g/mol. The Kier molecular flexibility index (Phi) is 6.86. The second kappa shape index (κ2) is 9.81. The lowest BCUT2D eigenvalue weighted by Crippen LogP contribution is -2.23. The third kappa shape index (κ3) is 5.13. The van der Waals surface area contributed by atoms with Gasteiger partial charge >= 0.3 is 0 Å². The van der Waals surface area contributed by atoms with E-state index in [2.05, 4.69) is 19.2 Å². The van der Waals surface area contributed by atoms with Crippen LogP contribution < -0.4 is 10.9 Å². The molecule has 0 radical (unpaired) electrons. The molecule has 0 fully saturated rings. The van der Waals surface area contributed by atoms with E-state index in [-0.39, 0.29) is 17.2 Å². The van der Waals surface area contributed by atoms with Crippen LogP contribution in [0.5, 0.6) is 0 Å². The molecule has 1 heterocycles. The Labute approximate surface area is 201 Å². The summed E-state index contributed by atoms with van der Waals surface area (Å²) in [5.74, 6) is 0.280. The normalized spacial score (nSPS) is 11.2. The summed E-state index contributed by atoms with van der Waals surface area (Å²) in [6.07, 6.45) is 0. The highest BCUT2D eigenvalue weighted by atomic mass is 35.5. The summed E-state index contributed by atoms with van der Waals surface area (Å²) in [6.45, 7) is 6.15. The molecule has 0 aliphatic carbocycles. The molecule has 0 aliphatic rings. The number of carbonyl (C=O) groups is 1. The van der Waals surface area contributed by atoms with E-state index >= 15 is 0 Å². The van der Waals surface area contributed by atoms with Gasteiger partial charge in [-0.3, -0.25) is 14.2 Å². The number of amides is 1. The van der Waals surface area contributed by atoms with Crippen LogP contribution in [0.2, 0.25) is 5.02 Å². The lowest BCUT2D eigenvalue weighted by molar-refractivity contribution is -0.113. The second-order valence-corrected chi connectivity index (χ2v) is 9.45. The Morgan fingerprint density at radius 1 is 1.09 bits per heavy atom. The van der Waals surface area contributed by atoms with Gasteiger partial charge in [-0.1, -0.05) is 67.5 Å². The van der Waals surface area contributed by atoms with Crippen molar-refractivity contribution in [3.8, 4) is 5.69 Å². The van der Waals surface area contributed by atoms with Gasteiger partial charge in [-0.05, 0) is 60.4 Å². The Bertz CT molecular complexity index is 1380. The Balaban J connectivity index is 1.65. The fourth-order valence-corrected chi connectivity index (χ4v) is 4.44. The summed E-state index contributed by atoms with van der Waals surface area (Å²) in [4.78, 5) is 30.7. The highest BCUT2D eigenvalue weighted by Crippen LogP contribution is 2.24. The van der Waals surface area contributed by atoms with Crippen molar-refractivity contribution in [2.45, 2.75) is 31.8 Å². The van der Waals surface area contributed by atoms with Crippen LogP contribution in [0, 0.1) is 6.92 Å². The van der Waals surface area contributed by atoms with Gasteiger partial charge in [0, 0.05) is 10.7 Å². The number of fused-ring (bicyclic) bond motifs is 1. The first-order valence-corrected chi connectivity index (χ1v) is 12.0. The van der Waals surface area contributed by atoms with E-state index in [1.54, 1.807) is 22.8 Å². The van der Waals surface area contributed by atoms with E-state index in [9.17, 15) is 9.59 Å². The van der Waals surface area contributed by atoms with Crippen LogP contribution >= 0.6 is 23.4 Å². The van der Waals surface area contributed by atoms with Crippen LogP contribution in [-0.4, -0.2) is 21.2 Å². The third-order valence-electron chi connectivity index (χ3n) is 5.35. The Morgan fingerprint density at radius 3 is 2.52 bits per heavy atom. The number of benzene rings is 3. The number of nitrogens with zero attached hydrogens (tertiary/aromatic N) is 2. The van der Waals surface area contributed by atoms with Gasteiger partial charge in [-0.2, -0.15) is 0 Å². The lowest BCUT2D eigenvalue weighted by Gasteiger charge is -2.14. The first kappa shape index (κ1) is 23.1. The molecule has 1 aromatic heterocycles. The Hall–Kier alpha value is -3.09. The molecule has 7 heteroatoms. The molecule has 1 amide bonds. The summed E-state index contributed by atoms with van der Waals surface area (Å²) in [5, 5.41) is 4.45. The van der Waals surface area contributed by atoms with E-state index in [4.69, 9.17) is 16.6 Å². The van der Waals surface area contributed by atoms with Gasteiger partial charge in [-0.15, -0.1) is 0 Å². The number of aromatic nitrogens is 2. The monoisotopic (exact) mass is 477 g/mol. The molecule has 0 bridgehead atoms. The van der Waals surface area contributed by atoms with Crippen LogP contribution in [0.3, 0.4) is 0 Å². The number of rotatable bonds is 6. The topological polar surface area (TPSA) is 64.0 Å². The second-order valence-electron chi connectivity index (χ2n) is 8.10. The number of carbonyl (C=O) groups excluding carboxylic acids is 1. The van der Waals surface area contributed by atoms with E-state index in [1.165, 1.54) is 17.3 Å². The summed E-state index contributed by atoms with van der Waals surface area (Å²) in [7, 11) is 0. The zero-order valence-corrected chi connectivity index (χ0v) is 20.2. The molecule has 168 valence electrons. The van der Waals surface area contributed by atoms with Crippen molar-refractivity contribution in [1.29, 1.82) is 0 Å². The van der Waals surface area contributed by atoms with Crippen LogP contribution in [-0.2, 0) is 4.79 Å². The van der Waals surface area contributed by atoms with E-state index in [0.717, 1.165) is 11.3 Å². The highest BCUT2D eigenvalue weighted by Gasteiger charge is 2.15. The van der Waals surface area contributed by atoms with Gasteiger partial charge in [-0.25, -0.2) is 4.98 Å². The highest BCUT2D eigenvalue weighted by molar-refractivity contribution is 7.99. The van der Waals surface area contributed by atoms with Crippen molar-refractivity contribution in [1.82, 2.24) is 9.55 Å². The molecule has 0 spiro atoms. The van der Waals surface area contributed by atoms with E-state index < -0.39 is 0 Å². The summed E-state index contributed by atoms with van der Waals surface area (Å²) in [5.41, 5.74) is 3.92. The van der Waals surface area contributed by atoms with E-state index in [1.807, 2.05) is 55.5 Å². The number of aryl methyl sites for hydroxylation is 1. The third-order valence-corrected chi connectivity index (χ3v) is 6.70. The lowest BCUT2D eigenvalue weighted by atomic mass is 10.0. The predicted octanol–water partition coefficient (Wildman–Crippen LogP) is 6.20. The fourth-order valence-electron chi connectivity index (χ4n) is 3.44. The molecule has 1 N–H and O–H groups in total. The number of para-hydroxylation sites is 1. The van der Waals surface area contributed by atoms with Gasteiger partial charge in [0.1, 0.15) is 0 Å². The summed E-state index contributed by atoms with van der Waals surface area (Å²) >= 11 is 7.38.